The summed E-state index contributed by atoms with van der Waals surface area (Å²) in [5, 5.41) is 0.938. The van der Waals surface area contributed by atoms with E-state index >= 15 is 0 Å². The van der Waals surface area contributed by atoms with E-state index in [1.807, 2.05) is 24.3 Å². The summed E-state index contributed by atoms with van der Waals surface area (Å²) >= 11 is 0. The van der Waals surface area contributed by atoms with Crippen molar-refractivity contribution in [1.82, 2.24) is 4.98 Å². The molecular weight excluding hydrogens is 256 g/mol. The largest absolute Gasteiger partial charge is 0.493 e. The first kappa shape index (κ1) is 14.6. The Morgan fingerprint density at radius 1 is 1.10 bits per heavy atom. The number of anilines is 1. The number of nitrogens with two attached hydrogens (primary N) is 1. The van der Waals surface area contributed by atoms with Crippen molar-refractivity contribution >= 4 is 16.6 Å². The second kappa shape index (κ2) is 7.67. The van der Waals surface area contributed by atoms with Crippen molar-refractivity contribution in [2.24, 2.45) is 0 Å². The van der Waals surface area contributed by atoms with Crippen LogP contribution in [-0.2, 0) is 9.47 Å². The maximum Gasteiger partial charge on any atom is 0.128 e. The van der Waals surface area contributed by atoms with Crippen LogP contribution in [0.25, 0.3) is 10.9 Å². The molecule has 2 aromatic rings. The summed E-state index contributed by atoms with van der Waals surface area (Å²) in [4.78, 5) is 4.28. The first-order chi connectivity index (χ1) is 9.83. The molecule has 1 aromatic heterocycles. The van der Waals surface area contributed by atoms with Crippen molar-refractivity contribution < 1.29 is 14.2 Å². The molecule has 0 fully saturated rings. The number of hydrogen-bond acceptors (Lipinski definition) is 5. The van der Waals surface area contributed by atoms with E-state index in [-0.39, 0.29) is 0 Å². The van der Waals surface area contributed by atoms with E-state index < -0.39 is 0 Å². The zero-order chi connectivity index (χ0) is 14.2. The van der Waals surface area contributed by atoms with Crippen molar-refractivity contribution in [3.63, 3.8) is 0 Å². The number of ether oxygens (including phenoxy) is 3. The van der Waals surface area contributed by atoms with Gasteiger partial charge in [-0.1, -0.05) is 0 Å². The predicted molar refractivity (Wildman–Crippen MR) is 79.0 cm³/mol. The van der Waals surface area contributed by atoms with Crippen LogP contribution >= 0.6 is 0 Å². The Bertz CT molecular complexity index is 546. The molecule has 0 aliphatic rings. The fraction of sp³-hybridized carbons (Fsp3) is 0.400. The van der Waals surface area contributed by atoms with Gasteiger partial charge in [0, 0.05) is 31.7 Å². The number of aromatic nitrogens is 1. The first-order valence-electron chi connectivity index (χ1n) is 6.65. The van der Waals surface area contributed by atoms with Gasteiger partial charge in [0.25, 0.3) is 0 Å². The van der Waals surface area contributed by atoms with Crippen LogP contribution in [0, 0.1) is 0 Å². The summed E-state index contributed by atoms with van der Waals surface area (Å²) in [7, 11) is 1.66. The van der Waals surface area contributed by atoms with Gasteiger partial charge in [0.15, 0.2) is 0 Å². The molecule has 0 saturated carbocycles. The van der Waals surface area contributed by atoms with Gasteiger partial charge in [0.05, 0.1) is 31.0 Å². The Labute approximate surface area is 118 Å². The van der Waals surface area contributed by atoms with Gasteiger partial charge in [-0.05, 0) is 24.3 Å². The molecule has 0 amide bonds. The Balaban J connectivity index is 1.86. The maximum absolute atomic E-state index is 5.90. The van der Waals surface area contributed by atoms with Crippen LogP contribution in [0.3, 0.4) is 0 Å². The number of fused-ring (bicyclic) bond motifs is 1. The van der Waals surface area contributed by atoms with Crippen LogP contribution in [0.15, 0.2) is 30.5 Å². The molecule has 5 heteroatoms. The second-order valence-corrected chi connectivity index (χ2v) is 4.36. The molecule has 1 heterocycles. The number of methoxy groups -OCH3 is 1. The molecule has 108 valence electrons. The minimum absolute atomic E-state index is 0.598. The lowest BCUT2D eigenvalue weighted by atomic mass is 10.2. The fourth-order valence-electron chi connectivity index (χ4n) is 1.88. The Hall–Kier alpha value is -1.85. The zero-order valence-corrected chi connectivity index (χ0v) is 11.7. The van der Waals surface area contributed by atoms with E-state index in [0.717, 1.165) is 23.1 Å². The molecule has 0 unspecified atom stereocenters. The average molecular weight is 276 g/mol. The van der Waals surface area contributed by atoms with E-state index in [0.29, 0.717) is 32.1 Å². The number of nitrogen functional groups attached to an aromatic ring is 1. The monoisotopic (exact) mass is 276 g/mol. The second-order valence-electron chi connectivity index (χ2n) is 4.36. The van der Waals surface area contributed by atoms with Crippen LogP contribution < -0.4 is 10.5 Å². The summed E-state index contributed by atoms with van der Waals surface area (Å²) in [5.41, 5.74) is 7.34. The number of nitrogens with zero attached hydrogens (tertiary/aromatic N) is 1. The van der Waals surface area contributed by atoms with Gasteiger partial charge in [-0.25, -0.2) is 0 Å². The lowest BCUT2D eigenvalue weighted by molar-refractivity contribution is 0.0645. The minimum Gasteiger partial charge on any atom is -0.493 e. The molecule has 2 N–H and O–H groups in total. The van der Waals surface area contributed by atoms with E-state index in [2.05, 4.69) is 4.98 Å². The number of rotatable bonds is 8. The Kier molecular flexibility index (Phi) is 5.58. The van der Waals surface area contributed by atoms with Gasteiger partial charge >= 0.3 is 0 Å². The van der Waals surface area contributed by atoms with Gasteiger partial charge in [-0.3, -0.25) is 4.98 Å². The van der Waals surface area contributed by atoms with Gasteiger partial charge in [0.2, 0.25) is 0 Å². The normalized spacial score (nSPS) is 10.8. The van der Waals surface area contributed by atoms with Gasteiger partial charge in [0.1, 0.15) is 5.75 Å². The Morgan fingerprint density at radius 2 is 2.00 bits per heavy atom. The SMILES string of the molecule is COCCOCCCOc1ccc(N)c2ncccc12. The van der Waals surface area contributed by atoms with Crippen LogP contribution in [-0.4, -0.2) is 38.5 Å². The van der Waals surface area contributed by atoms with Crippen LogP contribution in [0.5, 0.6) is 5.75 Å². The van der Waals surface area contributed by atoms with Crippen molar-refractivity contribution in [3.8, 4) is 5.75 Å². The highest BCUT2D eigenvalue weighted by molar-refractivity contribution is 5.93. The van der Waals surface area contributed by atoms with E-state index in [4.69, 9.17) is 19.9 Å². The molecule has 5 nitrogen and oxygen atoms in total. The third-order valence-electron chi connectivity index (χ3n) is 2.88. The number of benzene rings is 1. The van der Waals surface area contributed by atoms with Crippen molar-refractivity contribution in [2.75, 3.05) is 39.3 Å². The van der Waals surface area contributed by atoms with Gasteiger partial charge in [-0.15, -0.1) is 0 Å². The van der Waals surface area contributed by atoms with E-state index in [1.54, 1.807) is 13.3 Å². The van der Waals surface area contributed by atoms with Crippen LogP contribution in [0.4, 0.5) is 5.69 Å². The summed E-state index contributed by atoms with van der Waals surface area (Å²) in [5.74, 6) is 0.805. The highest BCUT2D eigenvalue weighted by Gasteiger charge is 2.05. The van der Waals surface area contributed by atoms with Gasteiger partial charge < -0.3 is 19.9 Å². The number of pyridine rings is 1. The minimum atomic E-state index is 0.598. The van der Waals surface area contributed by atoms with Crippen molar-refractivity contribution in [3.05, 3.63) is 30.5 Å². The zero-order valence-electron chi connectivity index (χ0n) is 11.7. The molecule has 0 spiro atoms. The lowest BCUT2D eigenvalue weighted by Gasteiger charge is -2.10. The third kappa shape index (κ3) is 3.82. The third-order valence-corrected chi connectivity index (χ3v) is 2.88. The van der Waals surface area contributed by atoms with Crippen LogP contribution in [0.2, 0.25) is 0 Å². The highest BCUT2D eigenvalue weighted by Crippen LogP contribution is 2.28. The molecular formula is C15H20N2O3. The summed E-state index contributed by atoms with van der Waals surface area (Å²) in [6.45, 7) is 2.50. The number of hydrogen-bond donors (Lipinski definition) is 1. The topological polar surface area (TPSA) is 66.6 Å². The molecule has 2 rings (SSSR count). The predicted octanol–water partition coefficient (Wildman–Crippen LogP) is 2.25. The summed E-state index contributed by atoms with van der Waals surface area (Å²) < 4.78 is 16.1. The van der Waals surface area contributed by atoms with Crippen LogP contribution in [0.1, 0.15) is 6.42 Å². The molecule has 0 aliphatic carbocycles. The highest BCUT2D eigenvalue weighted by atomic mass is 16.5. The average Bonchev–Trinajstić information content (AvgIpc) is 2.49. The smallest absolute Gasteiger partial charge is 0.128 e. The molecule has 1 aromatic carbocycles. The van der Waals surface area contributed by atoms with E-state index in [9.17, 15) is 0 Å². The van der Waals surface area contributed by atoms with Crippen molar-refractivity contribution in [1.29, 1.82) is 0 Å². The molecule has 0 saturated heterocycles. The molecule has 0 bridgehead atoms. The standard InChI is InChI=1S/C15H20N2O3/c1-18-10-11-19-8-3-9-20-14-6-5-13(16)15-12(14)4-2-7-17-15/h2,4-7H,3,8-11,16H2,1H3. The van der Waals surface area contributed by atoms with Crippen molar-refractivity contribution in [2.45, 2.75) is 6.42 Å². The molecule has 0 atom stereocenters. The maximum atomic E-state index is 5.90. The quantitative estimate of drug-likeness (QED) is 0.591. The Morgan fingerprint density at radius 3 is 2.85 bits per heavy atom. The summed E-state index contributed by atoms with van der Waals surface area (Å²) in [6.07, 6.45) is 2.56. The van der Waals surface area contributed by atoms with E-state index in [1.165, 1.54) is 0 Å². The fourth-order valence-corrected chi connectivity index (χ4v) is 1.88. The summed E-state index contributed by atoms with van der Waals surface area (Å²) in [6, 6.07) is 7.54. The van der Waals surface area contributed by atoms with Gasteiger partial charge in [-0.2, -0.15) is 0 Å². The molecule has 0 radical (unpaired) electrons. The molecule has 0 aliphatic heterocycles. The first-order valence-corrected chi connectivity index (χ1v) is 6.65. The lowest BCUT2D eigenvalue weighted by Crippen LogP contribution is -2.07. The molecule has 20 heavy (non-hydrogen) atoms.